The third-order valence-corrected chi connectivity index (χ3v) is 3.18. The Balaban J connectivity index is 2.15. The lowest BCUT2D eigenvalue weighted by Gasteiger charge is -2.34. The number of hydrogen-bond acceptors (Lipinski definition) is 3. The van der Waals surface area contributed by atoms with E-state index in [1.54, 1.807) is 24.3 Å². The molecule has 5 nitrogen and oxygen atoms in total. The van der Waals surface area contributed by atoms with Crippen molar-refractivity contribution in [1.82, 2.24) is 10.2 Å². The Morgan fingerprint density at radius 2 is 1.89 bits per heavy atom. The number of carbonyl (C=O) groups excluding carboxylic acids is 2. The fraction of sp³-hybridized carbons (Fsp3) is 0.385. The van der Waals surface area contributed by atoms with Gasteiger partial charge in [0.1, 0.15) is 0 Å². The summed E-state index contributed by atoms with van der Waals surface area (Å²) in [6.07, 6.45) is 0. The van der Waals surface area contributed by atoms with Crippen molar-refractivity contribution in [3.05, 3.63) is 35.4 Å². The Morgan fingerprint density at radius 1 is 1.28 bits per heavy atom. The van der Waals surface area contributed by atoms with Gasteiger partial charge in [-0.3, -0.25) is 9.59 Å². The van der Waals surface area contributed by atoms with Crippen molar-refractivity contribution in [2.45, 2.75) is 13.0 Å². The van der Waals surface area contributed by atoms with Crippen LogP contribution in [0.2, 0.25) is 0 Å². The molecule has 1 aliphatic heterocycles. The van der Waals surface area contributed by atoms with Crippen LogP contribution in [0.1, 0.15) is 27.6 Å². The number of benzene rings is 1. The summed E-state index contributed by atoms with van der Waals surface area (Å²) in [6, 6.07) is 6.65. The first-order valence-corrected chi connectivity index (χ1v) is 6.01. The number of hydrogen-bond donors (Lipinski definition) is 2. The van der Waals surface area contributed by atoms with Crippen LogP contribution >= 0.6 is 0 Å². The maximum absolute atomic E-state index is 12.3. The zero-order valence-corrected chi connectivity index (χ0v) is 10.3. The van der Waals surface area contributed by atoms with Gasteiger partial charge in [-0.15, -0.1) is 0 Å². The van der Waals surface area contributed by atoms with Gasteiger partial charge < -0.3 is 16.0 Å². The molecule has 1 aromatic rings. The molecule has 3 N–H and O–H groups in total. The molecule has 0 spiro atoms. The average molecular weight is 247 g/mol. The number of rotatable bonds is 2. The van der Waals surface area contributed by atoms with Crippen LogP contribution in [0.15, 0.2) is 24.3 Å². The van der Waals surface area contributed by atoms with Crippen molar-refractivity contribution < 1.29 is 9.59 Å². The van der Waals surface area contributed by atoms with E-state index in [0.717, 1.165) is 13.1 Å². The van der Waals surface area contributed by atoms with Crippen molar-refractivity contribution in [3.63, 3.8) is 0 Å². The fourth-order valence-electron chi connectivity index (χ4n) is 2.09. The topological polar surface area (TPSA) is 75.4 Å². The summed E-state index contributed by atoms with van der Waals surface area (Å²) < 4.78 is 0. The van der Waals surface area contributed by atoms with Gasteiger partial charge in [0.15, 0.2) is 0 Å². The highest BCUT2D eigenvalue weighted by molar-refractivity contribution is 5.97. The monoisotopic (exact) mass is 247 g/mol. The first kappa shape index (κ1) is 12.6. The van der Waals surface area contributed by atoms with Gasteiger partial charge in [0.25, 0.3) is 5.91 Å². The molecule has 2 rings (SSSR count). The molecule has 1 heterocycles. The predicted molar refractivity (Wildman–Crippen MR) is 68.3 cm³/mol. The SMILES string of the molecule is C[C@H]1CNCCN1C(=O)c1ccc(C(N)=O)cc1. The van der Waals surface area contributed by atoms with Gasteiger partial charge in [0.2, 0.25) is 5.91 Å². The second kappa shape index (κ2) is 5.18. The smallest absolute Gasteiger partial charge is 0.254 e. The molecule has 0 radical (unpaired) electrons. The van der Waals surface area contributed by atoms with Crippen molar-refractivity contribution >= 4 is 11.8 Å². The van der Waals surface area contributed by atoms with E-state index in [4.69, 9.17) is 5.73 Å². The Bertz CT molecular complexity index is 456. The highest BCUT2D eigenvalue weighted by atomic mass is 16.2. The van der Waals surface area contributed by atoms with E-state index in [1.165, 1.54) is 0 Å². The highest BCUT2D eigenvalue weighted by Crippen LogP contribution is 2.11. The summed E-state index contributed by atoms with van der Waals surface area (Å²) in [6.45, 7) is 4.35. The lowest BCUT2D eigenvalue weighted by Crippen LogP contribution is -2.52. The standard InChI is InChI=1S/C13H17N3O2/c1-9-8-15-6-7-16(9)13(18)11-4-2-10(3-5-11)12(14)17/h2-5,9,15H,6-8H2,1H3,(H2,14,17)/t9-/m0/s1. The van der Waals surface area contributed by atoms with Crippen LogP contribution in [0.3, 0.4) is 0 Å². The minimum atomic E-state index is -0.482. The van der Waals surface area contributed by atoms with Crippen LogP contribution < -0.4 is 11.1 Å². The Kier molecular flexibility index (Phi) is 3.62. The molecule has 18 heavy (non-hydrogen) atoms. The van der Waals surface area contributed by atoms with E-state index in [1.807, 2.05) is 11.8 Å². The summed E-state index contributed by atoms with van der Waals surface area (Å²) in [5.74, 6) is -0.482. The summed E-state index contributed by atoms with van der Waals surface area (Å²) in [5, 5.41) is 3.24. The van der Waals surface area contributed by atoms with E-state index in [0.29, 0.717) is 17.7 Å². The molecule has 0 aliphatic carbocycles. The van der Waals surface area contributed by atoms with Crippen LogP contribution in [0.25, 0.3) is 0 Å². The summed E-state index contributed by atoms with van der Waals surface area (Å²) in [4.78, 5) is 25.1. The number of primary amides is 1. The van der Waals surface area contributed by atoms with E-state index in [9.17, 15) is 9.59 Å². The molecule has 1 aliphatic rings. The number of nitrogens with two attached hydrogens (primary N) is 1. The normalized spacial score (nSPS) is 19.6. The maximum atomic E-state index is 12.3. The molecule has 96 valence electrons. The fourth-order valence-corrected chi connectivity index (χ4v) is 2.09. The van der Waals surface area contributed by atoms with Gasteiger partial charge in [0.05, 0.1) is 0 Å². The quantitative estimate of drug-likeness (QED) is 0.785. The summed E-state index contributed by atoms with van der Waals surface area (Å²) >= 11 is 0. The van der Waals surface area contributed by atoms with E-state index >= 15 is 0 Å². The molecule has 0 saturated carbocycles. The van der Waals surface area contributed by atoms with Crippen LogP contribution in [-0.4, -0.2) is 42.4 Å². The third-order valence-electron chi connectivity index (χ3n) is 3.18. The van der Waals surface area contributed by atoms with E-state index in [2.05, 4.69) is 5.32 Å². The minimum absolute atomic E-state index is 0.0000189. The van der Waals surface area contributed by atoms with E-state index < -0.39 is 5.91 Å². The second-order valence-corrected chi connectivity index (χ2v) is 4.49. The van der Waals surface area contributed by atoms with Crippen molar-refractivity contribution in [2.75, 3.05) is 19.6 Å². The van der Waals surface area contributed by atoms with Gasteiger partial charge in [-0.05, 0) is 31.2 Å². The van der Waals surface area contributed by atoms with Gasteiger partial charge in [-0.25, -0.2) is 0 Å². The number of carbonyl (C=O) groups is 2. The van der Waals surface area contributed by atoms with Crippen molar-refractivity contribution in [1.29, 1.82) is 0 Å². The molecule has 5 heteroatoms. The zero-order chi connectivity index (χ0) is 13.1. The van der Waals surface area contributed by atoms with Crippen LogP contribution in [0.4, 0.5) is 0 Å². The zero-order valence-electron chi connectivity index (χ0n) is 10.3. The van der Waals surface area contributed by atoms with Crippen LogP contribution in [0, 0.1) is 0 Å². The Morgan fingerprint density at radius 3 is 2.44 bits per heavy atom. The average Bonchev–Trinajstić information content (AvgIpc) is 2.38. The second-order valence-electron chi connectivity index (χ2n) is 4.49. The van der Waals surface area contributed by atoms with Crippen molar-refractivity contribution in [2.24, 2.45) is 5.73 Å². The minimum Gasteiger partial charge on any atom is -0.366 e. The number of nitrogens with one attached hydrogen (secondary N) is 1. The van der Waals surface area contributed by atoms with Gasteiger partial charge >= 0.3 is 0 Å². The molecule has 1 aromatic carbocycles. The van der Waals surface area contributed by atoms with Gasteiger partial charge in [-0.2, -0.15) is 0 Å². The number of piperazine rings is 1. The van der Waals surface area contributed by atoms with Crippen molar-refractivity contribution in [3.8, 4) is 0 Å². The Labute approximate surface area is 106 Å². The third kappa shape index (κ3) is 2.51. The molecule has 0 unspecified atom stereocenters. The van der Waals surface area contributed by atoms with Gasteiger partial charge in [-0.1, -0.05) is 0 Å². The van der Waals surface area contributed by atoms with E-state index in [-0.39, 0.29) is 11.9 Å². The summed E-state index contributed by atoms with van der Waals surface area (Å²) in [5.41, 5.74) is 6.17. The maximum Gasteiger partial charge on any atom is 0.254 e. The predicted octanol–water partition coefficient (Wildman–Crippen LogP) is 0.219. The van der Waals surface area contributed by atoms with Crippen LogP contribution in [-0.2, 0) is 0 Å². The molecule has 1 atom stereocenters. The molecule has 1 fully saturated rings. The largest absolute Gasteiger partial charge is 0.366 e. The lowest BCUT2D eigenvalue weighted by atomic mass is 10.1. The summed E-state index contributed by atoms with van der Waals surface area (Å²) in [7, 11) is 0. The molecule has 1 saturated heterocycles. The molecule has 0 aromatic heterocycles. The molecule has 0 bridgehead atoms. The first-order chi connectivity index (χ1) is 8.59. The molecular weight excluding hydrogens is 230 g/mol. The number of nitrogens with zero attached hydrogens (tertiary/aromatic N) is 1. The first-order valence-electron chi connectivity index (χ1n) is 6.01. The number of amides is 2. The highest BCUT2D eigenvalue weighted by Gasteiger charge is 2.23. The molecular formula is C13H17N3O2. The lowest BCUT2D eigenvalue weighted by molar-refractivity contribution is 0.0655. The molecule has 2 amide bonds. The van der Waals surface area contributed by atoms with Crippen LogP contribution in [0.5, 0.6) is 0 Å². The van der Waals surface area contributed by atoms with Gasteiger partial charge in [0, 0.05) is 36.8 Å². The Hall–Kier alpha value is -1.88.